The smallest absolute Gasteiger partial charge is 0.264 e. The van der Waals surface area contributed by atoms with Crippen LogP contribution in [0.1, 0.15) is 15.9 Å². The van der Waals surface area contributed by atoms with Crippen LogP contribution in [0.3, 0.4) is 0 Å². The standard InChI is InChI=1S/C20H17N3O3/c1-12-5-7-15-14(4-3-9-21-15)19(12)20(25)22-13-6-8-16-17(10-13)26-11-18(24)23(16)2/h3-10H,11H2,1-2H3,(H,22,25). The zero-order valence-corrected chi connectivity index (χ0v) is 14.4. The van der Waals surface area contributed by atoms with Crippen LogP contribution >= 0.6 is 0 Å². The largest absolute Gasteiger partial charge is 0.481 e. The summed E-state index contributed by atoms with van der Waals surface area (Å²) in [6.07, 6.45) is 1.71. The van der Waals surface area contributed by atoms with E-state index in [1.165, 1.54) is 0 Å². The molecule has 1 aliphatic rings. The van der Waals surface area contributed by atoms with Crippen molar-refractivity contribution >= 4 is 34.1 Å². The summed E-state index contributed by atoms with van der Waals surface area (Å²) in [7, 11) is 1.70. The van der Waals surface area contributed by atoms with E-state index < -0.39 is 0 Å². The van der Waals surface area contributed by atoms with Crippen molar-refractivity contribution < 1.29 is 14.3 Å². The van der Waals surface area contributed by atoms with E-state index in [4.69, 9.17) is 4.74 Å². The van der Waals surface area contributed by atoms with Gasteiger partial charge >= 0.3 is 0 Å². The molecule has 0 atom stereocenters. The van der Waals surface area contributed by atoms with Gasteiger partial charge in [-0.05, 0) is 36.8 Å². The lowest BCUT2D eigenvalue weighted by molar-refractivity contribution is -0.120. The fourth-order valence-corrected chi connectivity index (χ4v) is 3.11. The van der Waals surface area contributed by atoms with Crippen LogP contribution in [0, 0.1) is 6.92 Å². The van der Waals surface area contributed by atoms with Gasteiger partial charge in [0.15, 0.2) is 6.61 Å². The minimum Gasteiger partial charge on any atom is -0.481 e. The van der Waals surface area contributed by atoms with Crippen LogP contribution < -0.4 is 15.0 Å². The maximum atomic E-state index is 12.9. The van der Waals surface area contributed by atoms with Crippen molar-refractivity contribution in [1.82, 2.24) is 4.98 Å². The maximum absolute atomic E-state index is 12.9. The van der Waals surface area contributed by atoms with Gasteiger partial charge in [-0.1, -0.05) is 12.1 Å². The second kappa shape index (κ2) is 6.15. The van der Waals surface area contributed by atoms with Crippen LogP contribution in [0.2, 0.25) is 0 Å². The molecule has 26 heavy (non-hydrogen) atoms. The van der Waals surface area contributed by atoms with Gasteiger partial charge in [0.25, 0.3) is 11.8 Å². The van der Waals surface area contributed by atoms with E-state index >= 15 is 0 Å². The molecule has 2 amide bonds. The zero-order valence-electron chi connectivity index (χ0n) is 14.4. The van der Waals surface area contributed by atoms with Gasteiger partial charge in [-0.25, -0.2) is 0 Å². The zero-order chi connectivity index (χ0) is 18.3. The highest BCUT2D eigenvalue weighted by molar-refractivity contribution is 6.13. The molecule has 4 rings (SSSR count). The average Bonchev–Trinajstić information content (AvgIpc) is 2.64. The Kier molecular flexibility index (Phi) is 3.80. The molecule has 0 saturated carbocycles. The van der Waals surface area contributed by atoms with Crippen LogP contribution in [0.4, 0.5) is 11.4 Å². The number of likely N-dealkylation sites (N-methyl/N-ethyl adjacent to an activating group) is 1. The van der Waals surface area contributed by atoms with Gasteiger partial charge in [0.05, 0.1) is 16.8 Å². The maximum Gasteiger partial charge on any atom is 0.264 e. The Hall–Kier alpha value is -3.41. The predicted octanol–water partition coefficient (Wildman–Crippen LogP) is 3.15. The first kappa shape index (κ1) is 16.1. The lowest BCUT2D eigenvalue weighted by Gasteiger charge is -2.26. The van der Waals surface area contributed by atoms with Crippen molar-refractivity contribution in [3.8, 4) is 5.75 Å². The molecule has 0 fully saturated rings. The Bertz CT molecular complexity index is 1050. The number of benzene rings is 2. The molecule has 6 heteroatoms. The number of nitrogens with zero attached hydrogens (tertiary/aromatic N) is 2. The van der Waals surface area contributed by atoms with Crippen molar-refractivity contribution in [2.75, 3.05) is 23.9 Å². The second-order valence-electron chi connectivity index (χ2n) is 6.21. The Balaban J connectivity index is 1.68. The van der Waals surface area contributed by atoms with E-state index in [1.807, 2.05) is 31.2 Å². The van der Waals surface area contributed by atoms with E-state index in [2.05, 4.69) is 10.3 Å². The van der Waals surface area contributed by atoms with Gasteiger partial charge in [-0.3, -0.25) is 14.6 Å². The number of fused-ring (bicyclic) bond motifs is 2. The topological polar surface area (TPSA) is 71.5 Å². The number of hydrogen-bond donors (Lipinski definition) is 1. The van der Waals surface area contributed by atoms with E-state index in [0.29, 0.717) is 22.7 Å². The van der Waals surface area contributed by atoms with Crippen LogP contribution in [0.5, 0.6) is 5.75 Å². The molecule has 130 valence electrons. The lowest BCUT2D eigenvalue weighted by atomic mass is 10.0. The molecule has 0 spiro atoms. The molecule has 0 radical (unpaired) electrons. The summed E-state index contributed by atoms with van der Waals surface area (Å²) in [6.45, 7) is 1.90. The molecule has 2 heterocycles. The summed E-state index contributed by atoms with van der Waals surface area (Å²) in [6, 6.07) is 12.8. The minimum atomic E-state index is -0.207. The molecule has 0 aliphatic carbocycles. The molecule has 1 aromatic heterocycles. The fourth-order valence-electron chi connectivity index (χ4n) is 3.11. The Labute approximate surface area is 150 Å². The normalized spacial score (nSPS) is 13.3. The van der Waals surface area contributed by atoms with Gasteiger partial charge in [0, 0.05) is 30.4 Å². The number of carbonyl (C=O) groups excluding carboxylic acids is 2. The molecule has 0 bridgehead atoms. The molecule has 2 aromatic carbocycles. The van der Waals surface area contributed by atoms with Crippen LogP contribution in [0.15, 0.2) is 48.7 Å². The quantitative estimate of drug-likeness (QED) is 0.773. The van der Waals surface area contributed by atoms with Crippen molar-refractivity contribution in [3.05, 3.63) is 59.8 Å². The number of carbonyl (C=O) groups is 2. The number of pyridine rings is 1. The molecule has 3 aromatic rings. The predicted molar refractivity (Wildman–Crippen MR) is 99.8 cm³/mol. The molecule has 1 aliphatic heterocycles. The third-order valence-corrected chi connectivity index (χ3v) is 4.52. The van der Waals surface area contributed by atoms with E-state index in [1.54, 1.807) is 36.3 Å². The average molecular weight is 347 g/mol. The van der Waals surface area contributed by atoms with Crippen molar-refractivity contribution in [2.45, 2.75) is 6.92 Å². The van der Waals surface area contributed by atoms with E-state index in [-0.39, 0.29) is 18.4 Å². The highest BCUT2D eigenvalue weighted by atomic mass is 16.5. The van der Waals surface area contributed by atoms with Gasteiger partial charge < -0.3 is 15.0 Å². The summed E-state index contributed by atoms with van der Waals surface area (Å²) in [5.41, 5.74) is 3.54. The third-order valence-electron chi connectivity index (χ3n) is 4.52. The third kappa shape index (κ3) is 2.65. The number of anilines is 2. The summed E-state index contributed by atoms with van der Waals surface area (Å²) in [5, 5.41) is 3.73. The highest BCUT2D eigenvalue weighted by Gasteiger charge is 2.23. The summed E-state index contributed by atoms with van der Waals surface area (Å²) >= 11 is 0. The SMILES string of the molecule is Cc1ccc2ncccc2c1C(=O)Nc1ccc2c(c1)OCC(=O)N2C. The number of amides is 2. The first-order valence-electron chi connectivity index (χ1n) is 8.23. The highest BCUT2D eigenvalue weighted by Crippen LogP contribution is 2.34. The molecule has 1 N–H and O–H groups in total. The summed E-state index contributed by atoms with van der Waals surface area (Å²) in [4.78, 5) is 30.4. The molecule has 0 unspecified atom stereocenters. The monoisotopic (exact) mass is 347 g/mol. The Morgan fingerprint density at radius 2 is 2.08 bits per heavy atom. The number of aryl methyl sites for hydroxylation is 1. The fraction of sp³-hybridized carbons (Fsp3) is 0.150. The molecular weight excluding hydrogens is 330 g/mol. The van der Waals surface area contributed by atoms with Crippen molar-refractivity contribution in [3.63, 3.8) is 0 Å². The van der Waals surface area contributed by atoms with E-state index in [0.717, 1.165) is 16.5 Å². The first-order chi connectivity index (χ1) is 12.5. The number of aromatic nitrogens is 1. The Morgan fingerprint density at radius 1 is 1.23 bits per heavy atom. The number of nitrogens with one attached hydrogen (secondary N) is 1. The molecule has 0 saturated heterocycles. The number of ether oxygens (including phenoxy) is 1. The first-order valence-corrected chi connectivity index (χ1v) is 8.23. The van der Waals surface area contributed by atoms with E-state index in [9.17, 15) is 9.59 Å². The number of hydrogen-bond acceptors (Lipinski definition) is 4. The van der Waals surface area contributed by atoms with Crippen LogP contribution in [-0.2, 0) is 4.79 Å². The van der Waals surface area contributed by atoms with Crippen molar-refractivity contribution in [1.29, 1.82) is 0 Å². The minimum absolute atomic E-state index is 0.00496. The molecule has 6 nitrogen and oxygen atoms in total. The second-order valence-corrected chi connectivity index (χ2v) is 6.21. The summed E-state index contributed by atoms with van der Waals surface area (Å²) in [5.74, 6) is 0.260. The van der Waals surface area contributed by atoms with Gasteiger partial charge in [0.2, 0.25) is 0 Å². The lowest BCUT2D eigenvalue weighted by Crippen LogP contribution is -2.35. The van der Waals surface area contributed by atoms with Gasteiger partial charge in [0.1, 0.15) is 5.75 Å². The van der Waals surface area contributed by atoms with Crippen LogP contribution in [-0.4, -0.2) is 30.5 Å². The van der Waals surface area contributed by atoms with Gasteiger partial charge in [-0.15, -0.1) is 0 Å². The van der Waals surface area contributed by atoms with Crippen LogP contribution in [0.25, 0.3) is 10.9 Å². The molecular formula is C20H17N3O3. The Morgan fingerprint density at radius 3 is 2.92 bits per heavy atom. The van der Waals surface area contributed by atoms with Gasteiger partial charge in [-0.2, -0.15) is 0 Å². The number of rotatable bonds is 2. The summed E-state index contributed by atoms with van der Waals surface area (Å²) < 4.78 is 5.48. The van der Waals surface area contributed by atoms with Crippen molar-refractivity contribution in [2.24, 2.45) is 0 Å².